The molecule has 0 saturated carbocycles. The van der Waals surface area contributed by atoms with Gasteiger partial charge in [-0.25, -0.2) is 4.98 Å². The fourth-order valence-corrected chi connectivity index (χ4v) is 3.09. The molecule has 0 bridgehead atoms. The van der Waals surface area contributed by atoms with Crippen LogP contribution in [0.25, 0.3) is 22.2 Å². The van der Waals surface area contributed by atoms with Crippen molar-refractivity contribution < 1.29 is 4.42 Å². The Morgan fingerprint density at radius 2 is 1.81 bits per heavy atom. The van der Waals surface area contributed by atoms with E-state index in [0.717, 1.165) is 23.7 Å². The molecule has 0 unspecified atom stereocenters. The first-order valence-electron chi connectivity index (χ1n) is 7.55. The molecule has 21 heavy (non-hydrogen) atoms. The second kappa shape index (κ2) is 5.34. The second-order valence-electron chi connectivity index (χ2n) is 5.65. The van der Waals surface area contributed by atoms with Crippen LogP contribution in [0.15, 0.2) is 53.1 Å². The van der Waals surface area contributed by atoms with Gasteiger partial charge in [-0.05, 0) is 42.8 Å². The predicted molar refractivity (Wildman–Crippen MR) is 84.0 cm³/mol. The van der Waals surface area contributed by atoms with Crippen LogP contribution >= 0.6 is 0 Å². The zero-order valence-corrected chi connectivity index (χ0v) is 12.0. The van der Waals surface area contributed by atoms with E-state index in [1.165, 1.54) is 36.7 Å². The van der Waals surface area contributed by atoms with E-state index in [2.05, 4.69) is 52.3 Å². The van der Waals surface area contributed by atoms with Crippen molar-refractivity contribution in [3.05, 3.63) is 54.4 Å². The summed E-state index contributed by atoms with van der Waals surface area (Å²) in [7, 11) is 0. The van der Waals surface area contributed by atoms with Gasteiger partial charge in [0, 0.05) is 12.1 Å². The first-order valence-corrected chi connectivity index (χ1v) is 7.55. The van der Waals surface area contributed by atoms with Crippen LogP contribution in [-0.2, 0) is 6.54 Å². The molecule has 1 aliphatic heterocycles. The lowest BCUT2D eigenvalue weighted by atomic mass is 10.0. The minimum atomic E-state index is 0.723. The number of aromatic nitrogens is 1. The number of hydrogen-bond donors (Lipinski definition) is 0. The van der Waals surface area contributed by atoms with Gasteiger partial charge in [-0.15, -0.1) is 0 Å². The Morgan fingerprint density at radius 1 is 1.00 bits per heavy atom. The normalized spacial score (nSPS) is 15.8. The number of fused-ring (bicyclic) bond motifs is 1. The van der Waals surface area contributed by atoms with Gasteiger partial charge in [0.25, 0.3) is 0 Å². The van der Waals surface area contributed by atoms with Crippen LogP contribution < -0.4 is 0 Å². The van der Waals surface area contributed by atoms with Crippen LogP contribution in [0.4, 0.5) is 0 Å². The highest BCUT2D eigenvalue weighted by Gasteiger charge is 2.15. The molecule has 0 atom stereocenters. The molecule has 4 rings (SSSR count). The van der Waals surface area contributed by atoms with E-state index in [1.807, 2.05) is 0 Å². The van der Waals surface area contributed by atoms with Gasteiger partial charge in [-0.2, -0.15) is 0 Å². The summed E-state index contributed by atoms with van der Waals surface area (Å²) in [6, 6.07) is 14.6. The topological polar surface area (TPSA) is 29.3 Å². The lowest BCUT2D eigenvalue weighted by Crippen LogP contribution is -2.18. The average molecular weight is 278 g/mol. The molecule has 1 aromatic heterocycles. The zero-order chi connectivity index (χ0) is 14.1. The minimum absolute atomic E-state index is 0.723. The SMILES string of the molecule is c1ccc2c(-c3nc(CN4CCCC4)co3)cccc2c1. The van der Waals surface area contributed by atoms with E-state index in [1.54, 1.807) is 6.26 Å². The quantitative estimate of drug-likeness (QED) is 0.722. The predicted octanol–water partition coefficient (Wildman–Crippen LogP) is 4.09. The van der Waals surface area contributed by atoms with E-state index in [-0.39, 0.29) is 0 Å². The van der Waals surface area contributed by atoms with Crippen LogP contribution in [-0.4, -0.2) is 23.0 Å². The first-order chi connectivity index (χ1) is 10.4. The maximum Gasteiger partial charge on any atom is 0.226 e. The summed E-state index contributed by atoms with van der Waals surface area (Å²) in [5.41, 5.74) is 2.10. The Bertz CT molecular complexity index is 751. The molecule has 3 aromatic rings. The summed E-state index contributed by atoms with van der Waals surface area (Å²) in [6.45, 7) is 3.25. The summed E-state index contributed by atoms with van der Waals surface area (Å²) >= 11 is 0. The van der Waals surface area contributed by atoms with Crippen LogP contribution in [0, 0.1) is 0 Å². The summed E-state index contributed by atoms with van der Waals surface area (Å²) < 4.78 is 5.73. The molecule has 1 aliphatic rings. The third kappa shape index (κ3) is 2.45. The monoisotopic (exact) mass is 278 g/mol. The maximum absolute atomic E-state index is 5.73. The molecule has 3 heteroatoms. The largest absolute Gasteiger partial charge is 0.444 e. The molecule has 0 aliphatic carbocycles. The fraction of sp³-hybridized carbons (Fsp3) is 0.278. The molecule has 1 saturated heterocycles. The van der Waals surface area contributed by atoms with E-state index in [0.29, 0.717) is 0 Å². The smallest absolute Gasteiger partial charge is 0.226 e. The average Bonchev–Trinajstić information content (AvgIpc) is 3.19. The summed E-state index contributed by atoms with van der Waals surface area (Å²) in [6.07, 6.45) is 4.40. The van der Waals surface area contributed by atoms with E-state index >= 15 is 0 Å². The molecule has 0 radical (unpaired) electrons. The lowest BCUT2D eigenvalue weighted by Gasteiger charge is -2.11. The van der Waals surface area contributed by atoms with Crippen molar-refractivity contribution in [3.63, 3.8) is 0 Å². The van der Waals surface area contributed by atoms with Crippen molar-refractivity contribution in [2.75, 3.05) is 13.1 Å². The fourth-order valence-electron chi connectivity index (χ4n) is 3.09. The third-order valence-electron chi connectivity index (χ3n) is 4.16. The van der Waals surface area contributed by atoms with Crippen LogP contribution in [0.1, 0.15) is 18.5 Å². The molecule has 0 amide bonds. The highest BCUT2D eigenvalue weighted by molar-refractivity contribution is 5.94. The van der Waals surface area contributed by atoms with Gasteiger partial charge in [-0.1, -0.05) is 36.4 Å². The van der Waals surface area contributed by atoms with Crippen molar-refractivity contribution in [2.24, 2.45) is 0 Å². The van der Waals surface area contributed by atoms with Crippen molar-refractivity contribution in [1.82, 2.24) is 9.88 Å². The number of likely N-dealkylation sites (tertiary alicyclic amines) is 1. The molecular weight excluding hydrogens is 260 g/mol. The Balaban J connectivity index is 1.67. The van der Waals surface area contributed by atoms with E-state index in [9.17, 15) is 0 Å². The molecule has 106 valence electrons. The molecule has 1 fully saturated rings. The molecule has 2 heterocycles. The van der Waals surface area contributed by atoms with E-state index in [4.69, 9.17) is 4.42 Å². The highest BCUT2D eigenvalue weighted by atomic mass is 16.3. The second-order valence-corrected chi connectivity index (χ2v) is 5.65. The van der Waals surface area contributed by atoms with Crippen molar-refractivity contribution in [3.8, 4) is 11.5 Å². The Labute approximate surface area is 124 Å². The van der Waals surface area contributed by atoms with E-state index < -0.39 is 0 Å². The van der Waals surface area contributed by atoms with Gasteiger partial charge in [0.15, 0.2) is 0 Å². The third-order valence-corrected chi connectivity index (χ3v) is 4.16. The standard InChI is InChI=1S/C18H18N2O/c1-2-8-16-14(6-1)7-5-9-17(16)18-19-15(13-21-18)12-20-10-3-4-11-20/h1-2,5-9,13H,3-4,10-12H2. The number of oxazole rings is 1. The van der Waals surface area contributed by atoms with Gasteiger partial charge in [0.2, 0.25) is 5.89 Å². The molecule has 3 nitrogen and oxygen atoms in total. The number of hydrogen-bond acceptors (Lipinski definition) is 3. The number of nitrogens with zero attached hydrogens (tertiary/aromatic N) is 2. The van der Waals surface area contributed by atoms with Crippen LogP contribution in [0.2, 0.25) is 0 Å². The molecule has 2 aromatic carbocycles. The Kier molecular flexibility index (Phi) is 3.20. The summed E-state index contributed by atoms with van der Waals surface area (Å²) in [4.78, 5) is 7.12. The summed E-state index contributed by atoms with van der Waals surface area (Å²) in [5, 5.41) is 2.41. The minimum Gasteiger partial charge on any atom is -0.444 e. The maximum atomic E-state index is 5.73. The van der Waals surface area contributed by atoms with Crippen molar-refractivity contribution in [2.45, 2.75) is 19.4 Å². The van der Waals surface area contributed by atoms with Gasteiger partial charge < -0.3 is 4.42 Å². The molecule has 0 spiro atoms. The van der Waals surface area contributed by atoms with Crippen molar-refractivity contribution >= 4 is 10.8 Å². The van der Waals surface area contributed by atoms with Gasteiger partial charge >= 0.3 is 0 Å². The molecule has 0 N–H and O–H groups in total. The highest BCUT2D eigenvalue weighted by Crippen LogP contribution is 2.28. The van der Waals surface area contributed by atoms with Crippen LogP contribution in [0.3, 0.4) is 0 Å². The zero-order valence-electron chi connectivity index (χ0n) is 12.0. The Hall–Kier alpha value is -2.13. The van der Waals surface area contributed by atoms with Gasteiger partial charge in [0.1, 0.15) is 6.26 Å². The van der Waals surface area contributed by atoms with Gasteiger partial charge in [-0.3, -0.25) is 4.90 Å². The van der Waals surface area contributed by atoms with Crippen LogP contribution in [0.5, 0.6) is 0 Å². The van der Waals surface area contributed by atoms with Gasteiger partial charge in [0.05, 0.1) is 5.69 Å². The molecular formula is C18H18N2O. The Morgan fingerprint density at radius 3 is 2.71 bits per heavy atom. The lowest BCUT2D eigenvalue weighted by molar-refractivity contribution is 0.327. The van der Waals surface area contributed by atoms with Crippen molar-refractivity contribution in [1.29, 1.82) is 0 Å². The summed E-state index contributed by atoms with van der Waals surface area (Å²) in [5.74, 6) is 0.723. The first kappa shape index (κ1) is 12.6. The number of rotatable bonds is 3. The number of benzene rings is 2.